The van der Waals surface area contributed by atoms with Crippen molar-refractivity contribution >= 4 is 11.8 Å². The zero-order chi connectivity index (χ0) is 10.8. The van der Waals surface area contributed by atoms with Crippen LogP contribution in [0.3, 0.4) is 0 Å². The van der Waals surface area contributed by atoms with E-state index in [1.54, 1.807) is 0 Å². The lowest BCUT2D eigenvalue weighted by Crippen LogP contribution is -2.29. The van der Waals surface area contributed by atoms with Crippen LogP contribution in [0.25, 0.3) is 0 Å². The Morgan fingerprint density at radius 1 is 1.07 bits per heavy atom. The summed E-state index contributed by atoms with van der Waals surface area (Å²) in [6.07, 6.45) is 11.3. The van der Waals surface area contributed by atoms with Crippen LogP contribution in [-0.2, 0) is 0 Å². The van der Waals surface area contributed by atoms with Crippen LogP contribution in [0.5, 0.6) is 0 Å². The first-order chi connectivity index (χ1) is 7.43. The molecule has 0 amide bonds. The standard InChI is InChI=1S/C13H27NS/c1-2-3-4-5-6-7-8-10-14-13-9-11-15-12-13/h13-14H,2-12H2,1H3. The fourth-order valence-electron chi connectivity index (χ4n) is 2.08. The SMILES string of the molecule is CCCCCCCCCNC1CCSC1. The molecule has 1 aliphatic rings. The quantitative estimate of drug-likeness (QED) is 0.603. The first-order valence-corrected chi connectivity index (χ1v) is 7.90. The highest BCUT2D eigenvalue weighted by Crippen LogP contribution is 2.17. The van der Waals surface area contributed by atoms with Gasteiger partial charge in [-0.25, -0.2) is 0 Å². The zero-order valence-electron chi connectivity index (χ0n) is 10.3. The summed E-state index contributed by atoms with van der Waals surface area (Å²) in [5.41, 5.74) is 0. The summed E-state index contributed by atoms with van der Waals surface area (Å²) >= 11 is 2.10. The van der Waals surface area contributed by atoms with E-state index in [2.05, 4.69) is 24.0 Å². The largest absolute Gasteiger partial charge is 0.313 e. The highest BCUT2D eigenvalue weighted by molar-refractivity contribution is 7.99. The number of rotatable bonds is 9. The van der Waals surface area contributed by atoms with Crippen molar-refractivity contribution in [1.82, 2.24) is 5.32 Å². The van der Waals surface area contributed by atoms with Crippen LogP contribution in [-0.4, -0.2) is 24.1 Å². The summed E-state index contributed by atoms with van der Waals surface area (Å²) < 4.78 is 0. The van der Waals surface area contributed by atoms with E-state index >= 15 is 0 Å². The van der Waals surface area contributed by atoms with Gasteiger partial charge >= 0.3 is 0 Å². The molecule has 1 fully saturated rings. The van der Waals surface area contributed by atoms with Crippen LogP contribution in [0.2, 0.25) is 0 Å². The van der Waals surface area contributed by atoms with E-state index in [0.29, 0.717) is 0 Å². The Morgan fingerprint density at radius 2 is 1.80 bits per heavy atom. The van der Waals surface area contributed by atoms with Crippen molar-refractivity contribution in [3.8, 4) is 0 Å². The predicted molar refractivity (Wildman–Crippen MR) is 71.7 cm³/mol. The summed E-state index contributed by atoms with van der Waals surface area (Å²) in [6.45, 7) is 3.53. The molecule has 2 heteroatoms. The second kappa shape index (κ2) is 9.53. The van der Waals surface area contributed by atoms with Crippen LogP contribution in [0.4, 0.5) is 0 Å². The molecule has 1 rings (SSSR count). The van der Waals surface area contributed by atoms with Crippen LogP contribution in [0, 0.1) is 0 Å². The average molecular weight is 229 g/mol. The lowest BCUT2D eigenvalue weighted by atomic mass is 10.1. The van der Waals surface area contributed by atoms with Crippen LogP contribution in [0.15, 0.2) is 0 Å². The Balaban J connectivity index is 1.73. The van der Waals surface area contributed by atoms with E-state index in [-0.39, 0.29) is 0 Å². The third kappa shape index (κ3) is 7.24. The van der Waals surface area contributed by atoms with Gasteiger partial charge in [0.2, 0.25) is 0 Å². The molecular weight excluding hydrogens is 202 g/mol. The molecule has 0 aromatic heterocycles. The molecule has 1 unspecified atom stereocenters. The van der Waals surface area contributed by atoms with Gasteiger partial charge in [0.25, 0.3) is 0 Å². The number of unbranched alkanes of at least 4 members (excludes halogenated alkanes) is 6. The summed E-state index contributed by atoms with van der Waals surface area (Å²) in [6, 6.07) is 0.829. The van der Waals surface area contributed by atoms with Gasteiger partial charge in [-0.05, 0) is 25.1 Å². The fraction of sp³-hybridized carbons (Fsp3) is 1.00. The van der Waals surface area contributed by atoms with Gasteiger partial charge < -0.3 is 5.32 Å². The van der Waals surface area contributed by atoms with Crippen molar-refractivity contribution < 1.29 is 0 Å². The molecule has 90 valence electrons. The van der Waals surface area contributed by atoms with E-state index in [0.717, 1.165) is 6.04 Å². The van der Waals surface area contributed by atoms with Crippen molar-refractivity contribution in [2.45, 2.75) is 64.3 Å². The van der Waals surface area contributed by atoms with Gasteiger partial charge in [-0.15, -0.1) is 0 Å². The molecule has 1 nitrogen and oxygen atoms in total. The minimum absolute atomic E-state index is 0.829. The van der Waals surface area contributed by atoms with Crippen molar-refractivity contribution in [1.29, 1.82) is 0 Å². The van der Waals surface area contributed by atoms with E-state index < -0.39 is 0 Å². The third-order valence-corrected chi connectivity index (χ3v) is 4.31. The Bertz CT molecular complexity index is 132. The predicted octanol–water partition coefficient (Wildman–Crippen LogP) is 3.83. The lowest BCUT2D eigenvalue weighted by molar-refractivity contribution is 0.517. The molecule has 0 aromatic rings. The zero-order valence-corrected chi connectivity index (χ0v) is 11.1. The van der Waals surface area contributed by atoms with E-state index in [9.17, 15) is 0 Å². The topological polar surface area (TPSA) is 12.0 Å². The molecule has 1 atom stereocenters. The Labute approximate surface area is 99.8 Å². The normalized spacial score (nSPS) is 21.0. The number of hydrogen-bond donors (Lipinski definition) is 1. The summed E-state index contributed by atoms with van der Waals surface area (Å²) in [4.78, 5) is 0. The maximum absolute atomic E-state index is 3.66. The summed E-state index contributed by atoms with van der Waals surface area (Å²) in [7, 11) is 0. The first kappa shape index (κ1) is 13.4. The van der Waals surface area contributed by atoms with Gasteiger partial charge in [0.05, 0.1) is 0 Å². The minimum atomic E-state index is 0.829. The maximum atomic E-state index is 3.66. The lowest BCUT2D eigenvalue weighted by Gasteiger charge is -2.10. The highest BCUT2D eigenvalue weighted by atomic mass is 32.2. The molecule has 0 spiro atoms. The van der Waals surface area contributed by atoms with Gasteiger partial charge in [-0.2, -0.15) is 11.8 Å². The molecule has 0 aliphatic carbocycles. The highest BCUT2D eigenvalue weighted by Gasteiger charge is 2.13. The van der Waals surface area contributed by atoms with Gasteiger partial charge in [0.15, 0.2) is 0 Å². The smallest absolute Gasteiger partial charge is 0.0166 e. The Hall–Kier alpha value is 0.310. The molecular formula is C13H27NS. The molecule has 1 N–H and O–H groups in total. The minimum Gasteiger partial charge on any atom is -0.313 e. The molecule has 1 aliphatic heterocycles. The van der Waals surface area contributed by atoms with Crippen LogP contribution in [0.1, 0.15) is 58.3 Å². The third-order valence-electron chi connectivity index (χ3n) is 3.14. The van der Waals surface area contributed by atoms with Crippen molar-refractivity contribution in [3.05, 3.63) is 0 Å². The second-order valence-electron chi connectivity index (χ2n) is 4.64. The van der Waals surface area contributed by atoms with Crippen molar-refractivity contribution in [2.75, 3.05) is 18.1 Å². The first-order valence-electron chi connectivity index (χ1n) is 6.74. The molecule has 1 saturated heterocycles. The van der Waals surface area contributed by atoms with E-state index in [1.807, 2.05) is 0 Å². The number of hydrogen-bond acceptors (Lipinski definition) is 2. The van der Waals surface area contributed by atoms with Gasteiger partial charge in [-0.3, -0.25) is 0 Å². The van der Waals surface area contributed by atoms with Crippen molar-refractivity contribution in [3.63, 3.8) is 0 Å². The molecule has 1 heterocycles. The molecule has 15 heavy (non-hydrogen) atoms. The van der Waals surface area contributed by atoms with Gasteiger partial charge in [0, 0.05) is 11.8 Å². The Morgan fingerprint density at radius 3 is 2.47 bits per heavy atom. The summed E-state index contributed by atoms with van der Waals surface area (Å²) in [5, 5.41) is 3.66. The van der Waals surface area contributed by atoms with Crippen molar-refractivity contribution in [2.24, 2.45) is 0 Å². The molecule has 0 saturated carbocycles. The van der Waals surface area contributed by atoms with Crippen LogP contribution < -0.4 is 5.32 Å². The van der Waals surface area contributed by atoms with Crippen LogP contribution >= 0.6 is 11.8 Å². The van der Waals surface area contributed by atoms with E-state index in [4.69, 9.17) is 0 Å². The maximum Gasteiger partial charge on any atom is 0.0166 e. The number of nitrogens with one attached hydrogen (secondary N) is 1. The fourth-order valence-corrected chi connectivity index (χ4v) is 3.27. The summed E-state index contributed by atoms with van der Waals surface area (Å²) in [5.74, 6) is 2.71. The number of thioether (sulfide) groups is 1. The van der Waals surface area contributed by atoms with Gasteiger partial charge in [0.1, 0.15) is 0 Å². The molecule has 0 aromatic carbocycles. The van der Waals surface area contributed by atoms with E-state index in [1.165, 1.54) is 69.4 Å². The molecule has 0 bridgehead atoms. The monoisotopic (exact) mass is 229 g/mol. The second-order valence-corrected chi connectivity index (χ2v) is 5.79. The van der Waals surface area contributed by atoms with Gasteiger partial charge in [-0.1, -0.05) is 45.4 Å². The average Bonchev–Trinajstić information content (AvgIpc) is 2.75. The molecule has 0 radical (unpaired) electrons. The Kier molecular flexibility index (Phi) is 8.50.